The van der Waals surface area contributed by atoms with E-state index in [2.05, 4.69) is 5.32 Å². The second-order valence-electron chi connectivity index (χ2n) is 5.69. The van der Waals surface area contributed by atoms with E-state index in [9.17, 15) is 4.79 Å². The van der Waals surface area contributed by atoms with Crippen LogP contribution in [0.25, 0.3) is 0 Å². The summed E-state index contributed by atoms with van der Waals surface area (Å²) in [7, 11) is 3.13. The molecule has 134 valence electrons. The Balaban J connectivity index is 2.18. The molecule has 6 heteroatoms. The Morgan fingerprint density at radius 2 is 1.76 bits per heavy atom. The minimum atomic E-state index is -0.241. The van der Waals surface area contributed by atoms with Gasteiger partial charge in [0.1, 0.15) is 11.5 Å². The molecule has 0 aliphatic carbocycles. The molecule has 0 radical (unpaired) electrons. The van der Waals surface area contributed by atoms with Crippen LogP contribution < -0.4 is 14.8 Å². The summed E-state index contributed by atoms with van der Waals surface area (Å²) in [6.45, 7) is 4.28. The average molecular weight is 364 g/mol. The molecule has 25 heavy (non-hydrogen) atoms. The number of amides is 1. The quantitative estimate of drug-likeness (QED) is 0.784. The molecule has 0 heterocycles. The van der Waals surface area contributed by atoms with Crippen LogP contribution in [0.3, 0.4) is 0 Å². The van der Waals surface area contributed by atoms with Gasteiger partial charge in [-0.2, -0.15) is 0 Å². The molecule has 0 unspecified atom stereocenters. The van der Waals surface area contributed by atoms with Crippen molar-refractivity contribution in [3.8, 4) is 11.5 Å². The summed E-state index contributed by atoms with van der Waals surface area (Å²) in [4.78, 5) is 12.5. The number of hydrogen-bond donors (Lipinski definition) is 1. The zero-order chi connectivity index (χ0) is 18.4. The van der Waals surface area contributed by atoms with E-state index in [1.807, 2.05) is 13.8 Å². The molecule has 2 rings (SSSR count). The highest BCUT2D eigenvalue weighted by atomic mass is 35.5. The van der Waals surface area contributed by atoms with Crippen molar-refractivity contribution < 1.29 is 19.0 Å². The molecule has 1 N–H and O–H groups in total. The minimum absolute atomic E-state index is 0.0867. The molecule has 0 bridgehead atoms. The summed E-state index contributed by atoms with van der Waals surface area (Å²) in [6.07, 6.45) is 0.0867. The fourth-order valence-electron chi connectivity index (χ4n) is 2.24. The molecular weight excluding hydrogens is 342 g/mol. The topological polar surface area (TPSA) is 56.8 Å². The van der Waals surface area contributed by atoms with Gasteiger partial charge in [0.05, 0.1) is 32.0 Å². The lowest BCUT2D eigenvalue weighted by atomic mass is 10.1. The first-order chi connectivity index (χ1) is 11.9. The standard InChI is InChI=1S/C19H22ClNO4/c1-12(2)25-11-14-9-13(5-7-17(14)23-3)19(22)21-15-6-8-18(24-4)16(20)10-15/h5-10,12H,11H2,1-4H3,(H,21,22). The van der Waals surface area contributed by atoms with Gasteiger partial charge in [-0.15, -0.1) is 0 Å². The van der Waals surface area contributed by atoms with Crippen LogP contribution in [0.4, 0.5) is 5.69 Å². The fraction of sp³-hybridized carbons (Fsp3) is 0.316. The molecule has 1 amide bonds. The molecule has 2 aromatic rings. The Bertz CT molecular complexity index is 746. The molecule has 2 aromatic carbocycles. The number of halogens is 1. The van der Waals surface area contributed by atoms with E-state index in [4.69, 9.17) is 25.8 Å². The third kappa shape index (κ3) is 5.11. The van der Waals surface area contributed by atoms with Crippen LogP contribution in [0, 0.1) is 0 Å². The summed E-state index contributed by atoms with van der Waals surface area (Å²) in [5.74, 6) is 0.997. The lowest BCUT2D eigenvalue weighted by molar-refractivity contribution is 0.0644. The number of carbonyl (C=O) groups is 1. The van der Waals surface area contributed by atoms with Crippen LogP contribution in [0.15, 0.2) is 36.4 Å². The largest absolute Gasteiger partial charge is 0.496 e. The fourth-order valence-corrected chi connectivity index (χ4v) is 2.49. The highest BCUT2D eigenvalue weighted by molar-refractivity contribution is 6.32. The molecule has 0 aliphatic rings. The third-order valence-corrected chi connectivity index (χ3v) is 3.82. The Labute approximate surface area is 152 Å². The first-order valence-corrected chi connectivity index (χ1v) is 8.25. The molecule has 0 saturated carbocycles. The second-order valence-corrected chi connectivity index (χ2v) is 6.10. The summed E-state index contributed by atoms with van der Waals surface area (Å²) >= 11 is 6.09. The smallest absolute Gasteiger partial charge is 0.255 e. The van der Waals surface area contributed by atoms with Crippen molar-refractivity contribution in [2.75, 3.05) is 19.5 Å². The average Bonchev–Trinajstić information content (AvgIpc) is 2.59. The van der Waals surface area contributed by atoms with Crippen molar-refractivity contribution in [2.24, 2.45) is 0 Å². The third-order valence-electron chi connectivity index (χ3n) is 3.52. The first kappa shape index (κ1) is 19.1. The van der Waals surface area contributed by atoms with Crippen molar-refractivity contribution >= 4 is 23.2 Å². The van der Waals surface area contributed by atoms with Gasteiger partial charge in [0.15, 0.2) is 0 Å². The number of benzene rings is 2. The van der Waals surface area contributed by atoms with Gasteiger partial charge in [-0.1, -0.05) is 11.6 Å². The molecule has 0 spiro atoms. The van der Waals surface area contributed by atoms with Crippen LogP contribution in [-0.2, 0) is 11.3 Å². The van der Waals surface area contributed by atoms with Crippen molar-refractivity contribution in [1.29, 1.82) is 0 Å². The summed E-state index contributed by atoms with van der Waals surface area (Å²) in [6, 6.07) is 10.3. The Hall–Kier alpha value is -2.24. The normalized spacial score (nSPS) is 10.6. The van der Waals surface area contributed by atoms with Gasteiger partial charge in [-0.3, -0.25) is 4.79 Å². The van der Waals surface area contributed by atoms with Crippen molar-refractivity contribution in [2.45, 2.75) is 26.6 Å². The molecule has 0 atom stereocenters. The summed E-state index contributed by atoms with van der Waals surface area (Å²) in [5, 5.41) is 3.25. The lowest BCUT2D eigenvalue weighted by Crippen LogP contribution is -2.13. The number of nitrogens with one attached hydrogen (secondary N) is 1. The Kier molecular flexibility index (Phi) is 6.67. The maximum absolute atomic E-state index is 12.5. The summed E-state index contributed by atoms with van der Waals surface area (Å²) < 4.78 is 16.1. The SMILES string of the molecule is COc1ccc(NC(=O)c2ccc(OC)c(COC(C)C)c2)cc1Cl. The van der Waals surface area contributed by atoms with Gasteiger partial charge in [-0.05, 0) is 50.2 Å². The molecule has 5 nitrogen and oxygen atoms in total. The molecular formula is C19H22ClNO4. The van der Waals surface area contributed by atoms with Gasteiger partial charge in [0, 0.05) is 16.8 Å². The van der Waals surface area contributed by atoms with Crippen LogP contribution in [0.5, 0.6) is 11.5 Å². The lowest BCUT2D eigenvalue weighted by Gasteiger charge is -2.13. The van der Waals surface area contributed by atoms with Gasteiger partial charge >= 0.3 is 0 Å². The summed E-state index contributed by atoms with van der Waals surface area (Å²) in [5.41, 5.74) is 1.92. The molecule has 0 aromatic heterocycles. The van der Waals surface area contributed by atoms with Gasteiger partial charge in [0.2, 0.25) is 0 Å². The maximum Gasteiger partial charge on any atom is 0.255 e. The highest BCUT2D eigenvalue weighted by Gasteiger charge is 2.12. The Morgan fingerprint density at radius 1 is 1.08 bits per heavy atom. The highest BCUT2D eigenvalue weighted by Crippen LogP contribution is 2.28. The van der Waals surface area contributed by atoms with E-state index < -0.39 is 0 Å². The monoisotopic (exact) mass is 363 g/mol. The van der Waals surface area contributed by atoms with E-state index in [-0.39, 0.29) is 12.0 Å². The van der Waals surface area contributed by atoms with Crippen LogP contribution in [0.1, 0.15) is 29.8 Å². The van der Waals surface area contributed by atoms with Crippen LogP contribution in [-0.4, -0.2) is 26.2 Å². The number of rotatable bonds is 7. The number of hydrogen-bond acceptors (Lipinski definition) is 4. The molecule has 0 aliphatic heterocycles. The van der Waals surface area contributed by atoms with Crippen molar-refractivity contribution in [1.82, 2.24) is 0 Å². The second kappa shape index (κ2) is 8.74. The predicted octanol–water partition coefficient (Wildman–Crippen LogP) is 4.53. The predicted molar refractivity (Wildman–Crippen MR) is 98.9 cm³/mol. The molecule has 0 fully saturated rings. The maximum atomic E-state index is 12.5. The number of anilines is 1. The van der Waals surface area contributed by atoms with Crippen molar-refractivity contribution in [3.63, 3.8) is 0 Å². The van der Waals surface area contributed by atoms with E-state index in [1.54, 1.807) is 43.5 Å². The minimum Gasteiger partial charge on any atom is -0.496 e. The van der Waals surface area contributed by atoms with E-state index in [1.165, 1.54) is 7.11 Å². The van der Waals surface area contributed by atoms with Crippen LogP contribution >= 0.6 is 11.6 Å². The zero-order valence-corrected chi connectivity index (χ0v) is 15.5. The van der Waals surface area contributed by atoms with Gasteiger partial charge in [-0.25, -0.2) is 0 Å². The van der Waals surface area contributed by atoms with Gasteiger partial charge < -0.3 is 19.5 Å². The van der Waals surface area contributed by atoms with Crippen molar-refractivity contribution in [3.05, 3.63) is 52.5 Å². The van der Waals surface area contributed by atoms with Gasteiger partial charge in [0.25, 0.3) is 5.91 Å². The first-order valence-electron chi connectivity index (χ1n) is 7.88. The molecule has 0 saturated heterocycles. The number of ether oxygens (including phenoxy) is 3. The number of methoxy groups -OCH3 is 2. The van der Waals surface area contributed by atoms with E-state index in [0.29, 0.717) is 34.4 Å². The Morgan fingerprint density at radius 3 is 2.36 bits per heavy atom. The zero-order valence-electron chi connectivity index (χ0n) is 14.8. The van der Waals surface area contributed by atoms with E-state index in [0.717, 1.165) is 5.56 Å². The van der Waals surface area contributed by atoms with E-state index >= 15 is 0 Å². The van der Waals surface area contributed by atoms with Crippen LogP contribution in [0.2, 0.25) is 5.02 Å². The number of carbonyl (C=O) groups excluding carboxylic acids is 1.